The largest absolute Gasteiger partial charge is 0.481 e. The van der Waals surface area contributed by atoms with Crippen molar-refractivity contribution in [3.63, 3.8) is 0 Å². The number of carboxylic acid groups (broad SMARTS) is 7. The molecule has 0 rings (SSSR count). The highest BCUT2D eigenvalue weighted by Gasteiger charge is 2.38. The molecule has 9 unspecified atom stereocenters. The number of carboxylic acids is 7. The second kappa shape index (κ2) is 20.8. The van der Waals surface area contributed by atoms with Crippen molar-refractivity contribution in [3.8, 4) is 0 Å². The SMILES string of the molecule is CCC(CC(CC(CC(CC(CC(CC(CC(CC(CC)C(=O)O)C(C)=O)C(=O)O)C(=O)O)C(=O)O)C(=O)O)C(=O)O)C(=O)O)C(C)=O. The van der Waals surface area contributed by atoms with Gasteiger partial charge in [-0.2, -0.15) is 0 Å². The summed E-state index contributed by atoms with van der Waals surface area (Å²) in [6.07, 6.45) is -3.77. The van der Waals surface area contributed by atoms with Crippen molar-refractivity contribution in [2.24, 2.45) is 53.3 Å². The van der Waals surface area contributed by atoms with Gasteiger partial charge in [-0.05, 0) is 78.1 Å². The Hall–Kier alpha value is -4.37. The van der Waals surface area contributed by atoms with E-state index >= 15 is 0 Å². The molecule has 0 aliphatic rings. The summed E-state index contributed by atoms with van der Waals surface area (Å²) in [4.78, 5) is 108. The maximum Gasteiger partial charge on any atom is 0.306 e. The Morgan fingerprint density at radius 1 is 0.312 bits per heavy atom. The molecule has 16 nitrogen and oxygen atoms in total. The number of carbonyl (C=O) groups is 9. The van der Waals surface area contributed by atoms with Crippen LogP contribution in [0.25, 0.3) is 0 Å². The van der Waals surface area contributed by atoms with E-state index in [4.69, 9.17) is 0 Å². The summed E-state index contributed by atoms with van der Waals surface area (Å²) in [5.41, 5.74) is 0. The molecule has 0 aliphatic heterocycles. The molecule has 0 spiro atoms. The first-order valence-corrected chi connectivity index (χ1v) is 15.8. The zero-order valence-electron chi connectivity index (χ0n) is 27.6. The fourth-order valence-electron chi connectivity index (χ4n) is 6.03. The van der Waals surface area contributed by atoms with Gasteiger partial charge in [0, 0.05) is 11.8 Å². The standard InChI is InChI=1S/C32H48O16/c1-5-17(15(3)33)7-20(27(37)38)10-22(29(41)42)12-24(31(45)46)14-25(32(47)48)13-23(30(43)44)11-21(28(39)40)9-19(16(4)34)8-18(6-2)26(35)36/h17-25H,5-14H2,1-4H3,(H,35,36)(H,37,38)(H,39,40)(H,41,42)(H,43,44)(H,45,46)(H,47,48). The molecular weight excluding hydrogens is 640 g/mol. The van der Waals surface area contributed by atoms with E-state index in [1.807, 2.05) is 0 Å². The van der Waals surface area contributed by atoms with Crippen LogP contribution in [0.1, 0.15) is 91.9 Å². The minimum Gasteiger partial charge on any atom is -0.481 e. The lowest BCUT2D eigenvalue weighted by atomic mass is 9.76. The Bertz CT molecular complexity index is 1110. The molecule has 0 heterocycles. The lowest BCUT2D eigenvalue weighted by Gasteiger charge is -2.26. The Kier molecular flexibility index (Phi) is 18.9. The van der Waals surface area contributed by atoms with Crippen molar-refractivity contribution >= 4 is 53.4 Å². The quantitative estimate of drug-likeness (QED) is 0.0651. The average molecular weight is 689 g/mol. The predicted molar refractivity (Wildman–Crippen MR) is 164 cm³/mol. The molecule has 9 atom stereocenters. The fraction of sp³-hybridized carbons (Fsp3) is 0.719. The van der Waals surface area contributed by atoms with E-state index in [9.17, 15) is 78.9 Å². The maximum atomic E-state index is 12.3. The second-order valence-electron chi connectivity index (χ2n) is 12.6. The molecule has 0 bridgehead atoms. The molecule has 272 valence electrons. The van der Waals surface area contributed by atoms with Gasteiger partial charge in [-0.25, -0.2) is 0 Å². The molecule has 7 N–H and O–H groups in total. The molecule has 0 saturated carbocycles. The van der Waals surface area contributed by atoms with Gasteiger partial charge < -0.3 is 35.7 Å². The van der Waals surface area contributed by atoms with Gasteiger partial charge in [-0.1, -0.05) is 13.8 Å². The summed E-state index contributed by atoms with van der Waals surface area (Å²) in [7, 11) is 0. The first-order valence-electron chi connectivity index (χ1n) is 15.8. The molecule has 0 radical (unpaired) electrons. The van der Waals surface area contributed by atoms with Crippen LogP contribution >= 0.6 is 0 Å². The van der Waals surface area contributed by atoms with Gasteiger partial charge in [0.05, 0.1) is 41.4 Å². The normalized spacial score (nSPS) is 16.9. The van der Waals surface area contributed by atoms with E-state index < -0.39 is 139 Å². The molecule has 0 aromatic rings. The molecule has 0 fully saturated rings. The van der Waals surface area contributed by atoms with Crippen LogP contribution in [0.3, 0.4) is 0 Å². The monoisotopic (exact) mass is 688 g/mol. The molecule has 16 heteroatoms. The minimum absolute atomic E-state index is 0.150. The Morgan fingerprint density at radius 2 is 0.479 bits per heavy atom. The number of carbonyl (C=O) groups excluding carboxylic acids is 2. The van der Waals surface area contributed by atoms with E-state index in [1.54, 1.807) is 13.8 Å². The van der Waals surface area contributed by atoms with E-state index in [0.29, 0.717) is 6.42 Å². The predicted octanol–water partition coefficient (Wildman–Crippen LogP) is 3.24. The first kappa shape index (κ1) is 43.6. The van der Waals surface area contributed by atoms with Crippen molar-refractivity contribution in [2.75, 3.05) is 0 Å². The number of hydrogen-bond donors (Lipinski definition) is 7. The summed E-state index contributed by atoms with van der Waals surface area (Å²) >= 11 is 0. The number of Topliss-reactive ketones (excluding diaryl/α,β-unsaturated/α-hetero) is 2. The van der Waals surface area contributed by atoms with Crippen LogP contribution in [0.15, 0.2) is 0 Å². The van der Waals surface area contributed by atoms with Gasteiger partial charge in [0.25, 0.3) is 0 Å². The molecule has 0 aliphatic carbocycles. The van der Waals surface area contributed by atoms with Crippen LogP contribution in [-0.2, 0) is 43.2 Å². The van der Waals surface area contributed by atoms with Crippen molar-refractivity contribution in [3.05, 3.63) is 0 Å². The van der Waals surface area contributed by atoms with Gasteiger partial charge in [-0.15, -0.1) is 0 Å². The fourth-order valence-corrected chi connectivity index (χ4v) is 6.03. The van der Waals surface area contributed by atoms with Crippen LogP contribution in [-0.4, -0.2) is 89.1 Å². The Labute approximate surface area is 277 Å². The molecular formula is C32H48O16. The van der Waals surface area contributed by atoms with E-state index in [2.05, 4.69) is 0 Å². The van der Waals surface area contributed by atoms with Crippen molar-refractivity contribution < 1.29 is 78.9 Å². The summed E-state index contributed by atoms with van der Waals surface area (Å²) in [6.45, 7) is 5.63. The molecule has 48 heavy (non-hydrogen) atoms. The number of ketones is 2. The Balaban J connectivity index is 6.15. The molecule has 0 saturated heterocycles. The molecule has 0 aromatic carbocycles. The van der Waals surface area contributed by atoms with Crippen LogP contribution in [0.4, 0.5) is 0 Å². The van der Waals surface area contributed by atoms with Gasteiger partial charge >= 0.3 is 41.8 Å². The van der Waals surface area contributed by atoms with Crippen LogP contribution in [0, 0.1) is 53.3 Å². The summed E-state index contributed by atoms with van der Waals surface area (Å²) in [5.74, 6) is -23.4. The van der Waals surface area contributed by atoms with Crippen LogP contribution in [0.2, 0.25) is 0 Å². The average Bonchev–Trinajstić information content (AvgIpc) is 2.96. The third kappa shape index (κ3) is 15.0. The third-order valence-electron chi connectivity index (χ3n) is 9.13. The van der Waals surface area contributed by atoms with Crippen molar-refractivity contribution in [1.29, 1.82) is 0 Å². The van der Waals surface area contributed by atoms with E-state index in [1.165, 1.54) is 6.92 Å². The van der Waals surface area contributed by atoms with E-state index in [0.717, 1.165) is 6.92 Å². The zero-order valence-corrected chi connectivity index (χ0v) is 27.6. The number of hydrogen-bond acceptors (Lipinski definition) is 9. The van der Waals surface area contributed by atoms with Gasteiger partial charge in [-0.3, -0.25) is 43.2 Å². The van der Waals surface area contributed by atoms with Crippen LogP contribution < -0.4 is 0 Å². The van der Waals surface area contributed by atoms with Crippen molar-refractivity contribution in [1.82, 2.24) is 0 Å². The maximum absolute atomic E-state index is 12.3. The van der Waals surface area contributed by atoms with Crippen molar-refractivity contribution in [2.45, 2.75) is 91.9 Å². The highest BCUT2D eigenvalue weighted by Crippen LogP contribution is 2.34. The minimum atomic E-state index is -1.70. The van der Waals surface area contributed by atoms with Crippen LogP contribution in [0.5, 0.6) is 0 Å². The second-order valence-corrected chi connectivity index (χ2v) is 12.6. The summed E-state index contributed by atoms with van der Waals surface area (Å²) in [5, 5.41) is 68.3. The Morgan fingerprint density at radius 3 is 0.646 bits per heavy atom. The van der Waals surface area contributed by atoms with Gasteiger partial charge in [0.1, 0.15) is 11.6 Å². The lowest BCUT2D eigenvalue weighted by Crippen LogP contribution is -2.33. The number of aliphatic carboxylic acids is 7. The smallest absolute Gasteiger partial charge is 0.306 e. The first-order chi connectivity index (χ1) is 22.2. The summed E-state index contributed by atoms with van der Waals surface area (Å²) < 4.78 is 0. The van der Waals surface area contributed by atoms with Gasteiger partial charge in [0.2, 0.25) is 0 Å². The summed E-state index contributed by atoms with van der Waals surface area (Å²) in [6, 6.07) is 0. The molecule has 0 amide bonds. The van der Waals surface area contributed by atoms with Gasteiger partial charge in [0.15, 0.2) is 0 Å². The van der Waals surface area contributed by atoms with E-state index in [-0.39, 0.29) is 25.0 Å². The highest BCUT2D eigenvalue weighted by atomic mass is 16.4. The topological polar surface area (TPSA) is 295 Å². The number of rotatable bonds is 27. The molecule has 0 aromatic heterocycles. The highest BCUT2D eigenvalue weighted by molar-refractivity contribution is 5.82. The zero-order chi connectivity index (χ0) is 37.5. The third-order valence-corrected chi connectivity index (χ3v) is 9.13. The lowest BCUT2D eigenvalue weighted by molar-refractivity contribution is -0.150.